The maximum atomic E-state index is 9.72. The van der Waals surface area contributed by atoms with E-state index in [-0.39, 0.29) is 6.61 Å². The van der Waals surface area contributed by atoms with Gasteiger partial charge in [0.2, 0.25) is 5.88 Å². The van der Waals surface area contributed by atoms with E-state index in [1.165, 1.54) is 0 Å². The van der Waals surface area contributed by atoms with Crippen LogP contribution in [0.2, 0.25) is 5.02 Å². The molecule has 2 aromatic rings. The maximum Gasteiger partial charge on any atom is 0.233 e. The molecule has 1 atom stereocenters. The molecule has 1 unspecified atom stereocenters. The minimum atomic E-state index is -0.449. The van der Waals surface area contributed by atoms with E-state index in [0.717, 1.165) is 11.3 Å². The second-order valence-corrected chi connectivity index (χ2v) is 5.88. The van der Waals surface area contributed by atoms with E-state index in [9.17, 15) is 5.11 Å². The zero-order valence-electron chi connectivity index (χ0n) is 12.7. The quantitative estimate of drug-likeness (QED) is 0.818. The highest BCUT2D eigenvalue weighted by atomic mass is 35.5. The zero-order chi connectivity index (χ0) is 16.0. The molecule has 0 spiro atoms. The molecule has 1 aromatic carbocycles. The Balaban J connectivity index is 1.98. The Bertz CT molecular complexity index is 589. The summed E-state index contributed by atoms with van der Waals surface area (Å²) in [5, 5.41) is 21.8. The number of nitrogens with zero attached hydrogens (tertiary/aromatic N) is 2. The van der Waals surface area contributed by atoms with Crippen LogP contribution in [-0.2, 0) is 13.0 Å². The number of benzene rings is 1. The number of aliphatic hydroxyl groups excluding tert-OH is 1. The van der Waals surface area contributed by atoms with Gasteiger partial charge in [0, 0.05) is 23.2 Å². The fourth-order valence-electron chi connectivity index (χ4n) is 2.08. The topological polar surface area (TPSA) is 67.3 Å². The Kier molecular flexibility index (Phi) is 5.71. The van der Waals surface area contributed by atoms with Crippen molar-refractivity contribution in [1.82, 2.24) is 15.5 Å². The third-order valence-corrected chi connectivity index (χ3v) is 3.71. The summed E-state index contributed by atoms with van der Waals surface area (Å²) in [6.07, 6.45) is 0.685. The molecule has 1 heterocycles. The first-order valence-electron chi connectivity index (χ1n) is 7.01. The molecule has 0 aliphatic heterocycles. The molecule has 0 amide bonds. The molecule has 2 N–H and O–H groups in total. The predicted octanol–water partition coefficient (Wildman–Crippen LogP) is 2.22. The van der Waals surface area contributed by atoms with Gasteiger partial charge in [-0.2, -0.15) is 5.10 Å². The van der Waals surface area contributed by atoms with E-state index < -0.39 is 5.54 Å². The summed E-state index contributed by atoms with van der Waals surface area (Å²) in [5.74, 6) is 0.481. The molecule has 1 aromatic heterocycles. The van der Waals surface area contributed by atoms with Crippen LogP contribution in [0.5, 0.6) is 5.88 Å². The third-order valence-electron chi connectivity index (χ3n) is 3.46. The van der Waals surface area contributed by atoms with Crippen molar-refractivity contribution in [3.63, 3.8) is 0 Å². The van der Waals surface area contributed by atoms with Crippen LogP contribution in [0.3, 0.4) is 0 Å². The number of rotatable bonds is 7. The van der Waals surface area contributed by atoms with Crippen molar-refractivity contribution in [3.8, 4) is 5.88 Å². The van der Waals surface area contributed by atoms with Gasteiger partial charge in [-0.05, 0) is 37.1 Å². The number of ether oxygens (including phenoxy) is 1. The highest BCUT2D eigenvalue weighted by molar-refractivity contribution is 6.30. The van der Waals surface area contributed by atoms with Crippen molar-refractivity contribution < 1.29 is 9.84 Å². The summed E-state index contributed by atoms with van der Waals surface area (Å²) in [7, 11) is 1.55. The molecular formula is C16H20ClN3O2. The van der Waals surface area contributed by atoms with Gasteiger partial charge in [-0.15, -0.1) is 5.10 Å². The molecule has 0 bridgehead atoms. The lowest BCUT2D eigenvalue weighted by molar-refractivity contribution is 0.172. The molecule has 0 saturated heterocycles. The van der Waals surface area contributed by atoms with Crippen LogP contribution in [0.1, 0.15) is 18.2 Å². The summed E-state index contributed by atoms with van der Waals surface area (Å²) in [4.78, 5) is 0. The molecule has 5 nitrogen and oxygen atoms in total. The van der Waals surface area contributed by atoms with E-state index >= 15 is 0 Å². The Morgan fingerprint density at radius 2 is 1.91 bits per heavy atom. The second-order valence-electron chi connectivity index (χ2n) is 5.44. The molecule has 0 fully saturated rings. The minimum Gasteiger partial charge on any atom is -0.480 e. The number of hydrogen-bond donors (Lipinski definition) is 2. The minimum absolute atomic E-state index is 0.0131. The Morgan fingerprint density at radius 3 is 2.45 bits per heavy atom. The molecule has 6 heteroatoms. The normalized spacial score (nSPS) is 13.6. The largest absolute Gasteiger partial charge is 0.480 e. The number of nitrogens with one attached hydrogen (secondary N) is 1. The maximum absolute atomic E-state index is 9.72. The summed E-state index contributed by atoms with van der Waals surface area (Å²) >= 11 is 5.89. The number of hydrogen-bond acceptors (Lipinski definition) is 5. The van der Waals surface area contributed by atoms with Gasteiger partial charge in [0.25, 0.3) is 0 Å². The first kappa shape index (κ1) is 16.7. The van der Waals surface area contributed by atoms with Gasteiger partial charge in [-0.25, -0.2) is 0 Å². The lowest BCUT2D eigenvalue weighted by atomic mass is 9.93. The first-order valence-corrected chi connectivity index (χ1v) is 7.39. The Labute approximate surface area is 135 Å². The van der Waals surface area contributed by atoms with Crippen LogP contribution < -0.4 is 10.1 Å². The van der Waals surface area contributed by atoms with Crippen LogP contribution in [0.4, 0.5) is 0 Å². The van der Waals surface area contributed by atoms with Gasteiger partial charge in [0.1, 0.15) is 0 Å². The number of aromatic nitrogens is 2. The van der Waals surface area contributed by atoms with Crippen molar-refractivity contribution >= 4 is 11.6 Å². The average Bonchev–Trinajstić information content (AvgIpc) is 2.56. The van der Waals surface area contributed by atoms with Gasteiger partial charge in [-0.1, -0.05) is 23.7 Å². The molecule has 0 saturated carbocycles. The molecule has 2 rings (SSSR count). The smallest absolute Gasteiger partial charge is 0.233 e. The molecule has 0 aliphatic carbocycles. The van der Waals surface area contributed by atoms with Crippen LogP contribution in [0, 0.1) is 0 Å². The lowest BCUT2D eigenvalue weighted by Gasteiger charge is -2.29. The number of aliphatic hydroxyl groups is 1. The van der Waals surface area contributed by atoms with Crippen molar-refractivity contribution in [2.75, 3.05) is 13.7 Å². The second kappa shape index (κ2) is 7.54. The van der Waals surface area contributed by atoms with E-state index in [2.05, 4.69) is 15.5 Å². The first-order chi connectivity index (χ1) is 10.5. The van der Waals surface area contributed by atoms with E-state index in [4.69, 9.17) is 16.3 Å². The number of methoxy groups -OCH3 is 1. The zero-order valence-corrected chi connectivity index (χ0v) is 13.5. The molecule has 118 valence electrons. The van der Waals surface area contributed by atoms with Crippen molar-refractivity contribution in [1.29, 1.82) is 0 Å². The third kappa shape index (κ3) is 4.66. The Morgan fingerprint density at radius 1 is 1.18 bits per heavy atom. The number of halogens is 1. The van der Waals surface area contributed by atoms with Crippen molar-refractivity contribution in [2.45, 2.75) is 25.4 Å². The van der Waals surface area contributed by atoms with E-state index in [1.54, 1.807) is 13.2 Å². The fraction of sp³-hybridized carbons (Fsp3) is 0.375. The van der Waals surface area contributed by atoms with Gasteiger partial charge < -0.3 is 15.2 Å². The standard InChI is InChI=1S/C16H20ClN3O2/c1-16(11-21,9-12-3-5-13(17)6-4-12)18-10-14-7-8-15(22-2)20-19-14/h3-8,18,21H,9-11H2,1-2H3. The average molecular weight is 322 g/mol. The van der Waals surface area contributed by atoms with Crippen LogP contribution >= 0.6 is 11.6 Å². The van der Waals surface area contributed by atoms with Crippen LogP contribution in [0.15, 0.2) is 36.4 Å². The van der Waals surface area contributed by atoms with Gasteiger partial charge >= 0.3 is 0 Å². The van der Waals surface area contributed by atoms with Crippen molar-refractivity contribution in [3.05, 3.63) is 52.7 Å². The molecule has 0 radical (unpaired) electrons. The fourth-order valence-corrected chi connectivity index (χ4v) is 2.21. The van der Waals surface area contributed by atoms with Crippen molar-refractivity contribution in [2.24, 2.45) is 0 Å². The molecule has 0 aliphatic rings. The highest BCUT2D eigenvalue weighted by Gasteiger charge is 2.23. The lowest BCUT2D eigenvalue weighted by Crippen LogP contribution is -2.47. The molecule has 22 heavy (non-hydrogen) atoms. The summed E-state index contributed by atoms with van der Waals surface area (Å²) in [6.45, 7) is 2.50. The SMILES string of the molecule is COc1ccc(CNC(C)(CO)Cc2ccc(Cl)cc2)nn1. The van der Waals surface area contributed by atoms with Gasteiger partial charge in [-0.3, -0.25) is 0 Å². The van der Waals surface area contributed by atoms with E-state index in [0.29, 0.717) is 23.9 Å². The van der Waals surface area contributed by atoms with Crippen LogP contribution in [-0.4, -0.2) is 34.6 Å². The molecular weight excluding hydrogens is 302 g/mol. The predicted molar refractivity (Wildman–Crippen MR) is 86.1 cm³/mol. The summed E-state index contributed by atoms with van der Waals surface area (Å²) < 4.78 is 4.98. The van der Waals surface area contributed by atoms with Gasteiger partial charge in [0.05, 0.1) is 19.4 Å². The van der Waals surface area contributed by atoms with Crippen LogP contribution in [0.25, 0.3) is 0 Å². The monoisotopic (exact) mass is 321 g/mol. The summed E-state index contributed by atoms with van der Waals surface area (Å²) in [5.41, 5.74) is 1.45. The highest BCUT2D eigenvalue weighted by Crippen LogP contribution is 2.16. The Hall–Kier alpha value is -1.69. The van der Waals surface area contributed by atoms with Gasteiger partial charge in [0.15, 0.2) is 0 Å². The van der Waals surface area contributed by atoms with E-state index in [1.807, 2.05) is 37.3 Å². The summed E-state index contributed by atoms with van der Waals surface area (Å²) in [6, 6.07) is 11.2.